The minimum Gasteiger partial charge on any atom is -1.00 e. The molecule has 28 heavy (non-hydrogen) atoms. The Kier molecular flexibility index (Phi) is 21.4. The molecule has 4 rings (SSSR count). The van der Waals surface area contributed by atoms with Crippen LogP contribution < -0.4 is 24.8 Å². The Morgan fingerprint density at radius 3 is 1.21 bits per heavy atom. The van der Waals surface area contributed by atoms with Crippen molar-refractivity contribution in [3.8, 4) is 0 Å². The van der Waals surface area contributed by atoms with Gasteiger partial charge in [-0.25, -0.2) is 0 Å². The molecule has 0 spiro atoms. The van der Waals surface area contributed by atoms with Crippen LogP contribution in [0.1, 0.15) is 0 Å². The van der Waals surface area contributed by atoms with E-state index < -0.39 is 0 Å². The minimum atomic E-state index is 0. The van der Waals surface area contributed by atoms with Crippen LogP contribution in [0.25, 0.3) is 21.0 Å². The van der Waals surface area contributed by atoms with E-state index in [0.29, 0.717) is 0 Å². The third-order valence-corrected chi connectivity index (χ3v) is 4.78. The van der Waals surface area contributed by atoms with E-state index in [1.165, 1.54) is 37.4 Å². The second-order valence-corrected chi connectivity index (χ2v) is 26.8. The molecule has 2 aromatic carbocycles. The summed E-state index contributed by atoms with van der Waals surface area (Å²) in [4.78, 5) is 0. The molecule has 0 nitrogen and oxygen atoms in total. The van der Waals surface area contributed by atoms with Gasteiger partial charge in [0.05, 0.1) is 0 Å². The van der Waals surface area contributed by atoms with Gasteiger partial charge in [-0.3, -0.25) is 0 Å². The number of fused-ring (bicyclic) bond motifs is 2. The van der Waals surface area contributed by atoms with Crippen LogP contribution >= 0.6 is 16.4 Å². The molecule has 148 valence electrons. The molecule has 0 saturated heterocycles. The first kappa shape index (κ1) is 31.5. The van der Waals surface area contributed by atoms with Crippen molar-refractivity contribution in [2.24, 2.45) is 0 Å². The van der Waals surface area contributed by atoms with Gasteiger partial charge in [-0.05, 0) is 0 Å². The number of hydrogen-bond acceptors (Lipinski definition) is 0. The average Bonchev–Trinajstić information content (AvgIpc) is 3.23. The monoisotopic (exact) mass is 632 g/mol. The van der Waals surface area contributed by atoms with Gasteiger partial charge in [-0.1, -0.05) is 12.1 Å². The topological polar surface area (TPSA) is 0 Å². The first-order valence-corrected chi connectivity index (χ1v) is 22.7. The minimum absolute atomic E-state index is 0. The van der Waals surface area contributed by atoms with Crippen LogP contribution in [0, 0.1) is 0 Å². The SMILES string of the molecule is C[Si](C)=[Zr].C[Si](C)=[Zr].[Cl-].[Cl-].c1ccc2pc[cH-]c2c1.c1ccc2pc[cH-]c2c1. The van der Waals surface area contributed by atoms with E-state index in [4.69, 9.17) is 0 Å². The molecule has 8 heteroatoms. The molecule has 2 aromatic heterocycles. The summed E-state index contributed by atoms with van der Waals surface area (Å²) >= 11 is 3.48. The van der Waals surface area contributed by atoms with Crippen molar-refractivity contribution in [2.75, 3.05) is 0 Å². The van der Waals surface area contributed by atoms with Gasteiger partial charge in [0.1, 0.15) is 0 Å². The molecule has 0 amide bonds. The van der Waals surface area contributed by atoms with Gasteiger partial charge in [0.2, 0.25) is 0 Å². The van der Waals surface area contributed by atoms with E-state index in [0.717, 1.165) is 0 Å². The van der Waals surface area contributed by atoms with E-state index in [1.807, 2.05) is 0 Å². The Hall–Kier alpha value is 1.30. The molecule has 0 fully saturated rings. The van der Waals surface area contributed by atoms with E-state index >= 15 is 0 Å². The van der Waals surface area contributed by atoms with Crippen LogP contribution in [0.15, 0.2) is 72.3 Å². The van der Waals surface area contributed by atoms with Crippen molar-refractivity contribution in [1.29, 1.82) is 0 Å². The van der Waals surface area contributed by atoms with Crippen LogP contribution in [-0.2, 0) is 46.7 Å². The Morgan fingerprint density at radius 1 is 0.643 bits per heavy atom. The first-order chi connectivity index (χ1) is 12.4. The molecule has 0 unspecified atom stereocenters. The van der Waals surface area contributed by atoms with Crippen LogP contribution in [0.2, 0.25) is 26.2 Å². The van der Waals surface area contributed by atoms with Gasteiger partial charge in [0, 0.05) is 0 Å². The molecule has 0 N–H and O–H groups in total. The van der Waals surface area contributed by atoms with Crippen molar-refractivity contribution in [2.45, 2.75) is 26.2 Å². The van der Waals surface area contributed by atoms with Crippen molar-refractivity contribution >= 4 is 48.3 Å². The molecule has 4 aromatic rings. The molecule has 0 aliphatic rings. The molecule has 0 saturated carbocycles. The van der Waals surface area contributed by atoms with Crippen LogP contribution in [0.5, 0.6) is 0 Å². The van der Waals surface area contributed by atoms with Crippen molar-refractivity contribution in [1.82, 2.24) is 0 Å². The fourth-order valence-electron chi connectivity index (χ4n) is 1.89. The Balaban J connectivity index is 0. The summed E-state index contributed by atoms with van der Waals surface area (Å²) < 4.78 is 0. The normalized spacial score (nSPS) is 8.93. The quantitative estimate of drug-likeness (QED) is 0.205. The maximum Gasteiger partial charge on any atom is -0.0857 e. The predicted molar refractivity (Wildman–Crippen MR) is 119 cm³/mol. The van der Waals surface area contributed by atoms with Gasteiger partial charge >= 0.3 is 83.7 Å². The second-order valence-electron chi connectivity index (χ2n) is 6.01. The third kappa shape index (κ3) is 15.2. The zero-order chi connectivity index (χ0) is 19.4. The molecule has 0 aliphatic carbocycles. The fourth-order valence-corrected chi connectivity index (χ4v) is 3.62. The Labute approximate surface area is 215 Å². The summed E-state index contributed by atoms with van der Waals surface area (Å²) in [6.07, 6.45) is 0. The number of rotatable bonds is 0. The van der Waals surface area contributed by atoms with Gasteiger partial charge in [-0.2, -0.15) is 51.4 Å². The zero-order valence-corrected chi connectivity index (χ0v) is 26.8. The summed E-state index contributed by atoms with van der Waals surface area (Å²) in [5.74, 6) is 4.34. The summed E-state index contributed by atoms with van der Waals surface area (Å²) in [5.41, 5.74) is 0.421. The van der Waals surface area contributed by atoms with E-state index in [2.05, 4.69) is 98.4 Å². The average molecular weight is 636 g/mol. The van der Waals surface area contributed by atoms with Crippen molar-refractivity contribution in [3.63, 3.8) is 0 Å². The smallest absolute Gasteiger partial charge is 0.0857 e. The predicted octanol–water partition coefficient (Wildman–Crippen LogP) is 1.85. The van der Waals surface area contributed by atoms with Gasteiger partial charge < -0.3 is 24.8 Å². The Bertz CT molecular complexity index is 809. The number of benzene rings is 2. The van der Waals surface area contributed by atoms with Crippen molar-refractivity contribution < 1.29 is 71.5 Å². The Morgan fingerprint density at radius 2 is 0.929 bits per heavy atom. The van der Waals surface area contributed by atoms with Crippen LogP contribution in [0.3, 0.4) is 0 Å². The molecule has 0 aliphatic heterocycles. The van der Waals surface area contributed by atoms with E-state index in [1.54, 1.807) is 46.7 Å². The molecular weight excluding hydrogens is 612 g/mol. The summed E-state index contributed by atoms with van der Waals surface area (Å²) in [6.45, 7) is 9.23. The fraction of sp³-hybridized carbons (Fsp3) is 0.200. The molecule has 0 atom stereocenters. The van der Waals surface area contributed by atoms with Crippen LogP contribution in [0.4, 0.5) is 0 Å². The summed E-state index contributed by atoms with van der Waals surface area (Å²) in [5, 5.41) is 5.60. The first-order valence-electron chi connectivity index (χ1n) is 8.36. The zero-order valence-electron chi connectivity index (χ0n) is 16.6. The molecule has 2 heterocycles. The molecular formula is C20H24Cl2P2Si2Zr2-4. The number of halogens is 2. The number of hydrogen-bond donors (Lipinski definition) is 0. The summed E-state index contributed by atoms with van der Waals surface area (Å²) in [6, 6.07) is 21.3. The molecule has 0 radical (unpaired) electrons. The third-order valence-electron chi connectivity index (χ3n) is 2.81. The van der Waals surface area contributed by atoms with Gasteiger partial charge in [0.25, 0.3) is 0 Å². The van der Waals surface area contributed by atoms with E-state index in [-0.39, 0.29) is 35.7 Å². The van der Waals surface area contributed by atoms with E-state index in [9.17, 15) is 0 Å². The molecule has 0 bridgehead atoms. The standard InChI is InChI=1S/2C8H6P.2C2H6Si.2ClH.2Zr/c2*1-2-4-8-7(3-1)5-6-9-8;2*1-3-2;;;;/h2*1-6H;2*1-2H3;2*1H;;/q2*-1;;;;;;/p-2. The van der Waals surface area contributed by atoms with Gasteiger partial charge in [-0.15, -0.1) is 46.1 Å². The largest absolute Gasteiger partial charge is 1.00 e. The van der Waals surface area contributed by atoms with Crippen molar-refractivity contribution in [3.05, 3.63) is 72.3 Å². The maximum atomic E-state index is 2.31. The second kappa shape index (κ2) is 19.0. The van der Waals surface area contributed by atoms with Crippen LogP contribution in [-0.4, -0.2) is 10.9 Å². The van der Waals surface area contributed by atoms with Gasteiger partial charge in [0.15, 0.2) is 0 Å². The maximum absolute atomic E-state index is 2.31. The summed E-state index contributed by atoms with van der Waals surface area (Å²) in [7, 11) is 2.69.